The molecule has 1 aliphatic heterocycles. The number of phenols is 1. The molecule has 1 atom stereocenters. The van der Waals surface area contributed by atoms with Crippen LogP contribution in [-0.2, 0) is 4.79 Å². The monoisotopic (exact) mass is 466 g/mol. The van der Waals surface area contributed by atoms with Gasteiger partial charge in [0.2, 0.25) is 0 Å². The molecule has 0 amide bonds. The Balaban J connectivity index is 1.99. The van der Waals surface area contributed by atoms with Gasteiger partial charge in [0.25, 0.3) is 5.69 Å². The van der Waals surface area contributed by atoms with E-state index in [0.29, 0.717) is 36.1 Å². The molecular formula is C23H19ClN4O5. The first-order valence-corrected chi connectivity index (χ1v) is 10.4. The van der Waals surface area contributed by atoms with Gasteiger partial charge in [0.05, 0.1) is 40.3 Å². The molecule has 4 rings (SSSR count). The molecule has 0 saturated heterocycles. The summed E-state index contributed by atoms with van der Waals surface area (Å²) in [6.07, 6.45) is 1.31. The minimum Gasteiger partial charge on any atom is -0.504 e. The highest BCUT2D eigenvalue weighted by atomic mass is 35.5. The number of carbonyl (C=O) groups excluding carboxylic acids is 1. The maximum Gasteiger partial charge on any atom is 0.271 e. The zero-order valence-electron chi connectivity index (χ0n) is 17.5. The molecule has 1 unspecified atom stereocenters. The number of nitro benzene ring substituents is 1. The van der Waals surface area contributed by atoms with E-state index in [-0.39, 0.29) is 45.1 Å². The average Bonchev–Trinajstić information content (AvgIpc) is 2.79. The lowest BCUT2D eigenvalue weighted by molar-refractivity contribution is -0.384. The van der Waals surface area contributed by atoms with Gasteiger partial charge in [0, 0.05) is 29.8 Å². The number of nitro groups is 1. The fourth-order valence-corrected chi connectivity index (χ4v) is 4.56. The Bertz CT molecular complexity index is 1290. The molecule has 3 N–H and O–H groups in total. The normalized spacial score (nSPS) is 18.2. The molecule has 2 aromatic rings. The number of carbonyl (C=O) groups is 1. The van der Waals surface area contributed by atoms with Crippen LogP contribution < -0.4 is 15.4 Å². The Morgan fingerprint density at radius 3 is 2.73 bits per heavy atom. The highest BCUT2D eigenvalue weighted by molar-refractivity contribution is 6.33. The molecule has 0 bridgehead atoms. The zero-order valence-corrected chi connectivity index (χ0v) is 18.3. The molecule has 0 aromatic heterocycles. The molecule has 2 aromatic carbocycles. The van der Waals surface area contributed by atoms with Gasteiger partial charge >= 0.3 is 0 Å². The van der Waals surface area contributed by atoms with Crippen LogP contribution in [0.2, 0.25) is 5.02 Å². The lowest BCUT2D eigenvalue weighted by Gasteiger charge is -2.39. The van der Waals surface area contributed by atoms with E-state index in [1.807, 2.05) is 0 Å². The molecule has 33 heavy (non-hydrogen) atoms. The van der Waals surface area contributed by atoms with Crippen LogP contribution in [-0.4, -0.2) is 22.9 Å². The second-order valence-corrected chi connectivity index (χ2v) is 8.05. The predicted octanol–water partition coefficient (Wildman–Crippen LogP) is 4.27. The quantitative estimate of drug-likeness (QED) is 0.502. The molecule has 0 saturated carbocycles. The van der Waals surface area contributed by atoms with E-state index in [1.165, 1.54) is 36.3 Å². The van der Waals surface area contributed by atoms with Gasteiger partial charge in [-0.05, 0) is 36.6 Å². The van der Waals surface area contributed by atoms with Crippen molar-refractivity contribution in [3.05, 3.63) is 79.8 Å². The molecule has 9 nitrogen and oxygen atoms in total. The minimum atomic E-state index is -0.777. The number of phenolic OH excluding ortho intramolecular Hbond substituents is 1. The number of nitrogens with two attached hydrogens (primary N) is 1. The number of anilines is 1. The van der Waals surface area contributed by atoms with Crippen molar-refractivity contribution in [3.8, 4) is 17.6 Å². The number of nitriles is 1. The van der Waals surface area contributed by atoms with Crippen LogP contribution in [0.1, 0.15) is 30.7 Å². The van der Waals surface area contributed by atoms with E-state index in [9.17, 15) is 25.3 Å². The second-order valence-electron chi connectivity index (χ2n) is 7.64. The van der Waals surface area contributed by atoms with Crippen LogP contribution in [0.15, 0.2) is 59.1 Å². The van der Waals surface area contributed by atoms with Crippen LogP contribution in [0.5, 0.6) is 11.5 Å². The number of hydrogen-bond acceptors (Lipinski definition) is 8. The predicted molar refractivity (Wildman–Crippen MR) is 121 cm³/mol. The number of non-ortho nitro benzene ring substituents is 1. The molecule has 2 aliphatic rings. The fourth-order valence-electron chi connectivity index (χ4n) is 4.35. The van der Waals surface area contributed by atoms with Gasteiger partial charge in [-0.25, -0.2) is 0 Å². The van der Waals surface area contributed by atoms with Gasteiger partial charge in [-0.1, -0.05) is 17.7 Å². The first-order valence-electron chi connectivity index (χ1n) is 10.1. The van der Waals surface area contributed by atoms with Crippen molar-refractivity contribution < 1.29 is 19.6 Å². The number of benzene rings is 2. The first kappa shape index (κ1) is 22.2. The van der Waals surface area contributed by atoms with Crippen molar-refractivity contribution in [1.29, 1.82) is 5.26 Å². The maximum absolute atomic E-state index is 13.2. The Morgan fingerprint density at radius 1 is 1.30 bits per heavy atom. The number of nitrogens with zero attached hydrogens (tertiary/aromatic N) is 3. The average molecular weight is 467 g/mol. The number of aromatic hydroxyl groups is 1. The van der Waals surface area contributed by atoms with Crippen molar-refractivity contribution in [3.63, 3.8) is 0 Å². The second kappa shape index (κ2) is 8.48. The lowest BCUT2D eigenvalue weighted by atomic mass is 9.75. The molecule has 1 aliphatic carbocycles. The first-order chi connectivity index (χ1) is 15.8. The third-order valence-electron chi connectivity index (χ3n) is 5.83. The maximum atomic E-state index is 13.2. The topological polar surface area (TPSA) is 143 Å². The highest BCUT2D eigenvalue weighted by Crippen LogP contribution is 2.48. The van der Waals surface area contributed by atoms with Crippen LogP contribution in [0.4, 0.5) is 11.4 Å². The molecule has 1 heterocycles. The van der Waals surface area contributed by atoms with E-state index in [0.717, 1.165) is 0 Å². The summed E-state index contributed by atoms with van der Waals surface area (Å²) >= 11 is 6.39. The van der Waals surface area contributed by atoms with Gasteiger partial charge in [-0.15, -0.1) is 0 Å². The molecular weight excluding hydrogens is 448 g/mol. The lowest BCUT2D eigenvalue weighted by Crippen LogP contribution is -2.38. The standard InChI is InChI=1S/C23H19ClN4O5/c1-33-20-9-12(5-8-18(20)29)21-14(11-25)23(26)27(16-3-2-4-19(30)22(16)21)17-10-13(28(31)32)6-7-15(17)24/h5-10,21,29H,2-4,26H2,1H3. The van der Waals surface area contributed by atoms with Crippen molar-refractivity contribution in [1.82, 2.24) is 0 Å². The highest BCUT2D eigenvalue weighted by Gasteiger charge is 2.41. The largest absolute Gasteiger partial charge is 0.504 e. The molecule has 168 valence electrons. The zero-order chi connectivity index (χ0) is 23.9. The summed E-state index contributed by atoms with van der Waals surface area (Å²) in [6, 6.07) is 10.6. The number of ether oxygens (including phenoxy) is 1. The summed E-state index contributed by atoms with van der Waals surface area (Å²) in [5.41, 5.74) is 8.06. The van der Waals surface area contributed by atoms with Gasteiger partial charge in [0.15, 0.2) is 17.3 Å². The van der Waals surface area contributed by atoms with E-state index in [2.05, 4.69) is 6.07 Å². The number of halogens is 1. The van der Waals surface area contributed by atoms with Crippen LogP contribution in [0.3, 0.4) is 0 Å². The van der Waals surface area contributed by atoms with Gasteiger partial charge in [0.1, 0.15) is 5.82 Å². The molecule has 0 fully saturated rings. The van der Waals surface area contributed by atoms with Crippen LogP contribution >= 0.6 is 11.6 Å². The van der Waals surface area contributed by atoms with Crippen molar-refractivity contribution in [2.45, 2.75) is 25.2 Å². The van der Waals surface area contributed by atoms with E-state index < -0.39 is 10.8 Å². The number of hydrogen-bond donors (Lipinski definition) is 2. The van der Waals surface area contributed by atoms with Crippen molar-refractivity contribution in [2.24, 2.45) is 5.73 Å². The molecule has 10 heteroatoms. The van der Waals surface area contributed by atoms with E-state index in [1.54, 1.807) is 12.1 Å². The van der Waals surface area contributed by atoms with Crippen molar-refractivity contribution in [2.75, 3.05) is 12.0 Å². The number of rotatable bonds is 4. The summed E-state index contributed by atoms with van der Waals surface area (Å²) in [5.74, 6) is -0.786. The molecule has 0 spiro atoms. The summed E-state index contributed by atoms with van der Waals surface area (Å²) in [7, 11) is 1.40. The third kappa shape index (κ3) is 3.64. The third-order valence-corrected chi connectivity index (χ3v) is 6.15. The minimum absolute atomic E-state index is 0.0328. The summed E-state index contributed by atoms with van der Waals surface area (Å²) in [5, 5.41) is 31.6. The smallest absolute Gasteiger partial charge is 0.271 e. The van der Waals surface area contributed by atoms with Gasteiger partial charge in [-0.2, -0.15) is 5.26 Å². The number of Topliss-reactive ketones (excluding diaryl/α,β-unsaturated/α-hetero) is 1. The van der Waals surface area contributed by atoms with Gasteiger partial charge < -0.3 is 15.6 Å². The summed E-state index contributed by atoms with van der Waals surface area (Å²) < 4.78 is 5.20. The SMILES string of the molecule is COc1cc(C2C(C#N)=C(N)N(c3cc([N+](=O)[O-])ccc3Cl)C3=C2C(=O)CCC3)ccc1O. The Morgan fingerprint density at radius 2 is 2.06 bits per heavy atom. The Labute approximate surface area is 194 Å². The number of methoxy groups -OCH3 is 1. The molecule has 0 radical (unpaired) electrons. The van der Waals surface area contributed by atoms with E-state index >= 15 is 0 Å². The Kier molecular flexibility index (Phi) is 5.70. The van der Waals surface area contributed by atoms with Crippen LogP contribution in [0.25, 0.3) is 0 Å². The van der Waals surface area contributed by atoms with Crippen molar-refractivity contribution >= 4 is 28.8 Å². The number of ketones is 1. The fraction of sp³-hybridized carbons (Fsp3) is 0.217. The number of allylic oxidation sites excluding steroid dienone is 3. The Hall–Kier alpha value is -4.03. The summed E-state index contributed by atoms with van der Waals surface area (Å²) in [6.45, 7) is 0. The van der Waals surface area contributed by atoms with E-state index in [4.69, 9.17) is 22.1 Å². The van der Waals surface area contributed by atoms with Crippen LogP contribution in [0, 0.1) is 21.4 Å². The van der Waals surface area contributed by atoms with Gasteiger partial charge in [-0.3, -0.25) is 19.8 Å². The summed E-state index contributed by atoms with van der Waals surface area (Å²) in [4.78, 5) is 25.4.